The molecule has 0 atom stereocenters. The summed E-state index contributed by atoms with van der Waals surface area (Å²) in [6.07, 6.45) is 0. The van der Waals surface area contributed by atoms with Crippen LogP contribution in [-0.2, 0) is 0 Å². The predicted molar refractivity (Wildman–Crippen MR) is 104 cm³/mol. The maximum atomic E-state index is 14.9. The molecule has 0 aliphatic heterocycles. The maximum Gasteiger partial charge on any atom is 0.170 e. The van der Waals surface area contributed by atoms with E-state index in [2.05, 4.69) is 54.9 Å². The van der Waals surface area contributed by atoms with Crippen LogP contribution in [-0.4, -0.2) is 14.4 Å². The normalized spacial score (nSPS) is 11.5. The lowest BCUT2D eigenvalue weighted by Crippen LogP contribution is -1.95. The number of nitrogens with zero attached hydrogens (tertiary/aromatic N) is 3. The summed E-state index contributed by atoms with van der Waals surface area (Å²) in [5.41, 5.74) is 0.742. The Morgan fingerprint density at radius 1 is 0.833 bits per heavy atom. The number of benzene rings is 1. The molecule has 3 aromatic heterocycles. The van der Waals surface area contributed by atoms with Crippen molar-refractivity contribution in [2.45, 2.75) is 0 Å². The molecule has 1 aromatic carbocycles. The molecule has 0 saturated heterocycles. The van der Waals surface area contributed by atoms with E-state index < -0.39 is 11.6 Å². The smallest absolute Gasteiger partial charge is 0.170 e. The van der Waals surface area contributed by atoms with Gasteiger partial charge in [-0.2, -0.15) is 0 Å². The maximum absolute atomic E-state index is 14.9. The fraction of sp³-hybridized carbons (Fsp3) is 0. The SMILES string of the molecule is Fc1c(F)c(-c2ccc(Br)s2)c2nn(S)nc2c1-c1ccc(Br)s1. The molecular formula is C14H5Br2F2N3S3. The van der Waals surface area contributed by atoms with Crippen molar-refractivity contribution >= 4 is 78.4 Å². The first kappa shape index (κ1) is 16.6. The summed E-state index contributed by atoms with van der Waals surface area (Å²) in [6.45, 7) is 0. The summed E-state index contributed by atoms with van der Waals surface area (Å²) in [5.74, 6) is -1.88. The van der Waals surface area contributed by atoms with E-state index in [4.69, 9.17) is 0 Å². The first-order chi connectivity index (χ1) is 11.5. The number of halogens is 4. The molecule has 10 heteroatoms. The minimum atomic E-state index is -0.940. The van der Waals surface area contributed by atoms with Crippen molar-refractivity contribution in [1.29, 1.82) is 0 Å². The quantitative estimate of drug-likeness (QED) is 0.318. The number of hydrogen-bond acceptors (Lipinski definition) is 5. The fourth-order valence-corrected chi connectivity index (χ4v) is 5.44. The van der Waals surface area contributed by atoms with E-state index in [1.165, 1.54) is 22.7 Å². The third-order valence-corrected chi connectivity index (χ3v) is 6.81. The van der Waals surface area contributed by atoms with Gasteiger partial charge in [-0.1, -0.05) is 0 Å². The van der Waals surface area contributed by atoms with E-state index in [1.807, 2.05) is 0 Å². The van der Waals surface area contributed by atoms with Crippen LogP contribution in [0.3, 0.4) is 0 Å². The minimum Gasteiger partial charge on any atom is -0.203 e. The Bertz CT molecular complexity index is 1000. The van der Waals surface area contributed by atoms with Gasteiger partial charge in [-0.15, -0.1) is 37.1 Å². The Labute approximate surface area is 165 Å². The van der Waals surface area contributed by atoms with Crippen LogP contribution in [0.4, 0.5) is 8.78 Å². The Hall–Kier alpha value is -0.810. The van der Waals surface area contributed by atoms with Gasteiger partial charge in [-0.3, -0.25) is 0 Å². The number of thiophene rings is 2. The first-order valence-corrected chi connectivity index (χ1v) is 10.1. The molecule has 0 bridgehead atoms. The molecule has 4 rings (SSSR count). The molecule has 0 amide bonds. The predicted octanol–water partition coefficient (Wildman–Crippen LogP) is 6.38. The number of thiol groups is 1. The highest BCUT2D eigenvalue weighted by Crippen LogP contribution is 2.43. The average molecular weight is 509 g/mol. The van der Waals surface area contributed by atoms with Gasteiger partial charge in [0.2, 0.25) is 0 Å². The summed E-state index contributed by atoms with van der Waals surface area (Å²) < 4.78 is 32.5. The lowest BCUT2D eigenvalue weighted by Gasteiger charge is -2.07. The van der Waals surface area contributed by atoms with E-state index in [1.54, 1.807) is 24.3 Å². The van der Waals surface area contributed by atoms with E-state index in [-0.39, 0.29) is 22.2 Å². The molecule has 3 heterocycles. The van der Waals surface area contributed by atoms with Gasteiger partial charge < -0.3 is 0 Å². The van der Waals surface area contributed by atoms with Gasteiger partial charge in [0.05, 0.1) is 18.7 Å². The van der Waals surface area contributed by atoms with Crippen LogP contribution in [0, 0.1) is 11.6 Å². The van der Waals surface area contributed by atoms with E-state index >= 15 is 0 Å². The standard InChI is InChI=1S/C14H5Br2F2N3S3/c15-7-3-1-5(23-7)9-11(17)12(18)10(6-2-4-8(16)24-6)14-13(9)19-21(22)20-14/h1-4,22H. The Balaban J connectivity index is 2.12. The Kier molecular flexibility index (Phi) is 4.28. The fourth-order valence-electron chi connectivity index (χ4n) is 2.41. The van der Waals surface area contributed by atoms with E-state index in [9.17, 15) is 8.78 Å². The highest BCUT2D eigenvalue weighted by molar-refractivity contribution is 9.11. The molecular weight excluding hydrogens is 504 g/mol. The van der Waals surface area contributed by atoms with Crippen LogP contribution in [0.25, 0.3) is 31.9 Å². The topological polar surface area (TPSA) is 30.7 Å². The molecule has 0 radical (unpaired) electrons. The molecule has 0 aliphatic rings. The Morgan fingerprint density at radius 2 is 1.25 bits per heavy atom. The van der Waals surface area contributed by atoms with Crippen molar-refractivity contribution in [2.24, 2.45) is 0 Å². The second kappa shape index (κ2) is 6.17. The lowest BCUT2D eigenvalue weighted by molar-refractivity contribution is 0.516. The van der Waals surface area contributed by atoms with Gasteiger partial charge in [0.1, 0.15) is 11.0 Å². The van der Waals surface area contributed by atoms with Crippen molar-refractivity contribution in [3.05, 3.63) is 43.5 Å². The van der Waals surface area contributed by atoms with Gasteiger partial charge in [0.15, 0.2) is 11.6 Å². The highest BCUT2D eigenvalue weighted by Gasteiger charge is 2.27. The van der Waals surface area contributed by atoms with Gasteiger partial charge in [0, 0.05) is 9.75 Å². The lowest BCUT2D eigenvalue weighted by atomic mass is 10.0. The van der Waals surface area contributed by atoms with Crippen LogP contribution in [0.1, 0.15) is 0 Å². The zero-order chi connectivity index (χ0) is 17.0. The third-order valence-electron chi connectivity index (χ3n) is 3.35. The van der Waals surface area contributed by atoms with Crippen molar-refractivity contribution in [2.75, 3.05) is 0 Å². The molecule has 0 spiro atoms. The average Bonchev–Trinajstić information content (AvgIpc) is 3.22. The minimum absolute atomic E-state index is 0.0953. The second-order valence-corrected chi connectivity index (χ2v) is 10.0. The molecule has 122 valence electrons. The van der Waals surface area contributed by atoms with Crippen LogP contribution in [0.5, 0.6) is 0 Å². The Morgan fingerprint density at radius 3 is 1.58 bits per heavy atom. The van der Waals surface area contributed by atoms with Crippen molar-refractivity contribution < 1.29 is 8.78 Å². The first-order valence-electron chi connectivity index (χ1n) is 6.44. The van der Waals surface area contributed by atoms with Crippen molar-refractivity contribution in [3.8, 4) is 20.9 Å². The van der Waals surface area contributed by atoms with Crippen molar-refractivity contribution in [1.82, 2.24) is 14.4 Å². The molecule has 4 aromatic rings. The number of rotatable bonds is 2. The zero-order valence-electron chi connectivity index (χ0n) is 11.4. The number of aromatic nitrogens is 3. The summed E-state index contributed by atoms with van der Waals surface area (Å²) in [5, 5.41) is 8.28. The largest absolute Gasteiger partial charge is 0.203 e. The molecule has 0 aliphatic carbocycles. The molecule has 0 unspecified atom stereocenters. The van der Waals surface area contributed by atoms with Gasteiger partial charge in [0.25, 0.3) is 0 Å². The summed E-state index contributed by atoms with van der Waals surface area (Å²) >= 11 is 13.3. The molecule has 0 fully saturated rings. The summed E-state index contributed by atoms with van der Waals surface area (Å²) in [4.78, 5) is 1.13. The monoisotopic (exact) mass is 507 g/mol. The van der Waals surface area contributed by atoms with Crippen LogP contribution in [0.2, 0.25) is 0 Å². The van der Waals surface area contributed by atoms with E-state index in [0.29, 0.717) is 9.75 Å². The van der Waals surface area contributed by atoms with E-state index in [0.717, 1.165) is 11.8 Å². The molecule has 0 saturated carbocycles. The number of hydrogen-bond donors (Lipinski definition) is 1. The highest BCUT2D eigenvalue weighted by atomic mass is 79.9. The third kappa shape index (κ3) is 2.64. The molecule has 0 N–H and O–H groups in total. The van der Waals surface area contributed by atoms with Crippen LogP contribution < -0.4 is 0 Å². The van der Waals surface area contributed by atoms with Crippen LogP contribution in [0.15, 0.2) is 31.8 Å². The summed E-state index contributed by atoms with van der Waals surface area (Å²) in [7, 11) is 0. The number of fused-ring (bicyclic) bond motifs is 1. The molecule has 3 nitrogen and oxygen atoms in total. The molecule has 24 heavy (non-hydrogen) atoms. The summed E-state index contributed by atoms with van der Waals surface area (Å²) in [6, 6.07) is 6.98. The van der Waals surface area contributed by atoms with Gasteiger partial charge in [-0.25, -0.2) is 8.78 Å². The van der Waals surface area contributed by atoms with Gasteiger partial charge >= 0.3 is 0 Å². The van der Waals surface area contributed by atoms with Crippen LogP contribution >= 0.6 is 67.3 Å². The second-order valence-electron chi connectivity index (χ2n) is 4.75. The van der Waals surface area contributed by atoms with Crippen molar-refractivity contribution in [3.63, 3.8) is 0 Å². The van der Waals surface area contributed by atoms with Gasteiger partial charge in [-0.05, 0) is 68.9 Å². The zero-order valence-corrected chi connectivity index (χ0v) is 17.1.